The fourth-order valence-corrected chi connectivity index (χ4v) is 6.89. The first-order valence-electron chi connectivity index (χ1n) is 11.9. The summed E-state index contributed by atoms with van der Waals surface area (Å²) in [6, 6.07) is 8.52. The summed E-state index contributed by atoms with van der Waals surface area (Å²) in [6.07, 6.45) is 3.30. The molecule has 0 radical (unpaired) electrons. The highest BCUT2D eigenvalue weighted by Crippen LogP contribution is 2.44. The molecule has 1 fully saturated rings. The van der Waals surface area contributed by atoms with Gasteiger partial charge in [0.1, 0.15) is 17.5 Å². The van der Waals surface area contributed by atoms with Gasteiger partial charge in [-0.3, -0.25) is 4.72 Å². The average Bonchev–Trinajstić information content (AvgIpc) is 3.32. The van der Waals surface area contributed by atoms with Gasteiger partial charge in [0.15, 0.2) is 10.7 Å². The number of rotatable bonds is 6. The Balaban J connectivity index is 1.63. The summed E-state index contributed by atoms with van der Waals surface area (Å²) in [5.74, 6) is -2.96. The van der Waals surface area contributed by atoms with Crippen molar-refractivity contribution in [2.24, 2.45) is 0 Å². The molecule has 2 N–H and O–H groups in total. The summed E-state index contributed by atoms with van der Waals surface area (Å²) in [5, 5.41) is 4.16. The van der Waals surface area contributed by atoms with Crippen molar-refractivity contribution in [2.45, 2.75) is 37.0 Å². The number of anilines is 1. The van der Waals surface area contributed by atoms with Crippen molar-refractivity contribution < 1.29 is 21.6 Å². The van der Waals surface area contributed by atoms with Crippen molar-refractivity contribution in [2.75, 3.05) is 17.8 Å². The number of nitrogens with one attached hydrogen (secondary N) is 2. The zero-order valence-corrected chi connectivity index (χ0v) is 22.2. The predicted octanol–water partition coefficient (Wildman–Crippen LogP) is 5.43. The molecule has 1 aliphatic heterocycles. The molecule has 4 aromatic rings. The first-order valence-corrected chi connectivity index (χ1v) is 14.2. The van der Waals surface area contributed by atoms with Gasteiger partial charge in [0.25, 0.3) is 10.0 Å². The summed E-state index contributed by atoms with van der Waals surface area (Å²) in [6.45, 7) is 5.52. The molecule has 0 bridgehead atoms. The zero-order valence-electron chi connectivity index (χ0n) is 20.6. The Morgan fingerprint density at radius 2 is 1.68 bits per heavy atom. The molecule has 0 atom stereocenters. The standard InChI is InChI=1S/C26H24F3N5O2S2/c1-15-31-12-9-20(32-15)23-22(33-25(37-23)26(2)10-13-30-14-11-26)16-5-3-8-19(21(16)29)34-38(35,36)24-17(27)6-4-7-18(24)28/h3-9,12,30,34H,10-11,13-14H2,1-2H3. The van der Waals surface area contributed by atoms with Gasteiger partial charge in [-0.1, -0.05) is 19.1 Å². The van der Waals surface area contributed by atoms with E-state index < -0.39 is 38.1 Å². The second-order valence-corrected chi connectivity index (χ2v) is 11.9. The quantitative estimate of drug-likeness (QED) is 0.327. The third kappa shape index (κ3) is 4.91. The minimum absolute atomic E-state index is 0.0329. The van der Waals surface area contributed by atoms with Gasteiger partial charge in [-0.25, -0.2) is 36.5 Å². The average molecular weight is 560 g/mol. The Bertz CT molecular complexity index is 1600. The third-order valence-corrected chi connectivity index (χ3v) is 9.35. The van der Waals surface area contributed by atoms with Crippen LogP contribution in [0.3, 0.4) is 0 Å². The van der Waals surface area contributed by atoms with Crippen molar-refractivity contribution in [3.05, 3.63) is 76.9 Å². The Hall–Kier alpha value is -3.35. The molecule has 0 unspecified atom stereocenters. The highest BCUT2D eigenvalue weighted by molar-refractivity contribution is 7.92. The molecule has 0 aliphatic carbocycles. The van der Waals surface area contributed by atoms with Crippen LogP contribution in [-0.2, 0) is 15.4 Å². The van der Waals surface area contributed by atoms with Crippen molar-refractivity contribution in [3.63, 3.8) is 0 Å². The second kappa shape index (κ2) is 10.1. The van der Waals surface area contributed by atoms with Gasteiger partial charge in [-0.05, 0) is 63.2 Å². The third-order valence-electron chi connectivity index (χ3n) is 6.55. The molecule has 2 aromatic heterocycles. The van der Waals surface area contributed by atoms with E-state index in [2.05, 4.69) is 22.2 Å². The molecule has 5 rings (SSSR count). The normalized spacial score (nSPS) is 15.4. The van der Waals surface area contributed by atoms with Crippen LogP contribution in [0.2, 0.25) is 0 Å². The van der Waals surface area contributed by atoms with E-state index in [4.69, 9.17) is 4.98 Å². The molecule has 0 saturated carbocycles. The number of aromatic nitrogens is 3. The predicted molar refractivity (Wildman–Crippen MR) is 140 cm³/mol. The first-order chi connectivity index (χ1) is 18.1. The Labute approximate surface area is 222 Å². The van der Waals surface area contributed by atoms with Crippen LogP contribution >= 0.6 is 11.3 Å². The highest BCUT2D eigenvalue weighted by atomic mass is 32.2. The van der Waals surface area contributed by atoms with Crippen LogP contribution in [0.25, 0.3) is 21.8 Å². The van der Waals surface area contributed by atoms with Crippen molar-refractivity contribution in [1.82, 2.24) is 20.3 Å². The number of thiazole rings is 1. The van der Waals surface area contributed by atoms with Gasteiger partial charge < -0.3 is 5.32 Å². The Kier molecular flexibility index (Phi) is 6.97. The number of halogens is 3. The van der Waals surface area contributed by atoms with E-state index in [1.54, 1.807) is 19.2 Å². The maximum absolute atomic E-state index is 15.9. The van der Waals surface area contributed by atoms with Gasteiger partial charge in [0.05, 0.1) is 27.0 Å². The first kappa shape index (κ1) is 26.3. The maximum atomic E-state index is 15.9. The van der Waals surface area contributed by atoms with Crippen molar-refractivity contribution in [1.29, 1.82) is 0 Å². The minimum Gasteiger partial charge on any atom is -0.317 e. The molecule has 12 heteroatoms. The molecule has 3 heterocycles. The topological polar surface area (TPSA) is 96.9 Å². The van der Waals surface area contributed by atoms with E-state index >= 15 is 4.39 Å². The van der Waals surface area contributed by atoms with Crippen LogP contribution in [0.1, 0.15) is 30.6 Å². The summed E-state index contributed by atoms with van der Waals surface area (Å²) in [4.78, 5) is 12.9. The number of piperidine rings is 1. The summed E-state index contributed by atoms with van der Waals surface area (Å²) >= 11 is 1.42. The molecule has 198 valence electrons. The molecule has 1 saturated heterocycles. The van der Waals surface area contributed by atoms with Crippen LogP contribution in [-0.4, -0.2) is 36.5 Å². The molecule has 2 aromatic carbocycles. The highest BCUT2D eigenvalue weighted by Gasteiger charge is 2.34. The van der Waals surface area contributed by atoms with Gasteiger partial charge in [0, 0.05) is 17.2 Å². The fourth-order valence-electron chi connectivity index (χ4n) is 4.44. The number of hydrogen-bond donors (Lipinski definition) is 2. The van der Waals surface area contributed by atoms with Crippen LogP contribution in [0.15, 0.2) is 53.6 Å². The number of nitrogens with zero attached hydrogens (tertiary/aromatic N) is 3. The van der Waals surface area contributed by atoms with Crippen LogP contribution in [0.4, 0.5) is 18.9 Å². The van der Waals surface area contributed by atoms with E-state index in [1.807, 2.05) is 4.72 Å². The van der Waals surface area contributed by atoms with E-state index in [1.165, 1.54) is 29.5 Å². The summed E-state index contributed by atoms with van der Waals surface area (Å²) < 4.78 is 72.0. The maximum Gasteiger partial charge on any atom is 0.267 e. The van der Waals surface area contributed by atoms with Crippen LogP contribution < -0.4 is 10.0 Å². The second-order valence-electron chi connectivity index (χ2n) is 9.32. The van der Waals surface area contributed by atoms with E-state index in [0.717, 1.165) is 49.1 Å². The lowest BCUT2D eigenvalue weighted by atomic mass is 9.82. The van der Waals surface area contributed by atoms with Gasteiger partial charge >= 0.3 is 0 Å². The number of aryl methyl sites for hydroxylation is 1. The molecular formula is C26H24F3N5O2S2. The molecule has 1 aliphatic rings. The lowest BCUT2D eigenvalue weighted by Gasteiger charge is -2.32. The Morgan fingerprint density at radius 1 is 1.00 bits per heavy atom. The Morgan fingerprint density at radius 3 is 2.37 bits per heavy atom. The fraction of sp³-hybridized carbons (Fsp3) is 0.269. The molecular weight excluding hydrogens is 535 g/mol. The van der Waals surface area contributed by atoms with Crippen molar-refractivity contribution >= 4 is 27.0 Å². The number of benzene rings is 2. The van der Waals surface area contributed by atoms with Crippen LogP contribution in [0.5, 0.6) is 0 Å². The number of hydrogen-bond acceptors (Lipinski definition) is 7. The molecule has 0 spiro atoms. The monoisotopic (exact) mass is 559 g/mol. The van der Waals surface area contributed by atoms with Crippen LogP contribution in [0, 0.1) is 24.4 Å². The SMILES string of the molecule is Cc1nccc(-c2sc(C3(C)CCNCC3)nc2-c2cccc(NS(=O)(=O)c3c(F)cccc3F)c2F)n1. The molecule has 38 heavy (non-hydrogen) atoms. The van der Waals surface area contributed by atoms with E-state index in [9.17, 15) is 17.2 Å². The van der Waals surface area contributed by atoms with Gasteiger partial charge in [-0.2, -0.15) is 0 Å². The van der Waals surface area contributed by atoms with Gasteiger partial charge in [-0.15, -0.1) is 11.3 Å². The van der Waals surface area contributed by atoms with E-state index in [-0.39, 0.29) is 11.0 Å². The summed E-state index contributed by atoms with van der Waals surface area (Å²) in [5.41, 5.74) is 0.206. The van der Waals surface area contributed by atoms with Gasteiger partial charge in [0.2, 0.25) is 0 Å². The van der Waals surface area contributed by atoms with Crippen molar-refractivity contribution in [3.8, 4) is 21.8 Å². The zero-order chi connectivity index (χ0) is 27.1. The largest absolute Gasteiger partial charge is 0.317 e. The lowest BCUT2D eigenvalue weighted by molar-refractivity contribution is 0.334. The number of sulfonamides is 1. The lowest BCUT2D eigenvalue weighted by Crippen LogP contribution is -2.37. The summed E-state index contributed by atoms with van der Waals surface area (Å²) in [7, 11) is -4.77. The van der Waals surface area contributed by atoms with E-state index in [0.29, 0.717) is 22.1 Å². The smallest absolute Gasteiger partial charge is 0.267 e. The minimum atomic E-state index is -4.77. The molecule has 0 amide bonds. The molecule has 7 nitrogen and oxygen atoms in total.